The smallest absolute Gasteiger partial charge is 0.413 e. The third kappa shape index (κ3) is 6.13. The summed E-state index contributed by atoms with van der Waals surface area (Å²) in [6, 6.07) is 10.4. The number of ether oxygens (including phenoxy) is 3. The number of fused-ring (bicyclic) bond motifs is 1. The lowest BCUT2D eigenvalue weighted by Gasteiger charge is -2.29. The fourth-order valence-corrected chi connectivity index (χ4v) is 5.72. The van der Waals surface area contributed by atoms with Crippen molar-refractivity contribution in [2.45, 2.75) is 45.8 Å². The lowest BCUT2D eigenvalue weighted by molar-refractivity contribution is -0.106. The second-order valence-electron chi connectivity index (χ2n) is 10.5. The number of hydrogen-bond donors (Lipinski definition) is 2. The van der Waals surface area contributed by atoms with Crippen molar-refractivity contribution >= 4 is 55.9 Å². The number of aryl methyl sites for hydroxylation is 1. The Morgan fingerprint density at radius 1 is 1.07 bits per heavy atom. The van der Waals surface area contributed by atoms with Crippen molar-refractivity contribution < 1.29 is 23.8 Å². The Labute approximate surface area is 236 Å². The number of benzene rings is 2. The summed E-state index contributed by atoms with van der Waals surface area (Å²) >= 11 is 1.42. The minimum absolute atomic E-state index is 0.250. The summed E-state index contributed by atoms with van der Waals surface area (Å²) in [7, 11) is 0. The highest BCUT2D eigenvalue weighted by atomic mass is 32.1. The number of thiazole rings is 1. The molecule has 2 amide bonds. The van der Waals surface area contributed by atoms with Crippen molar-refractivity contribution in [2.75, 3.05) is 43.1 Å². The van der Waals surface area contributed by atoms with Crippen LogP contribution in [-0.4, -0.2) is 65.5 Å². The second kappa shape index (κ2) is 11.7. The van der Waals surface area contributed by atoms with Crippen LogP contribution < -0.4 is 20.7 Å². The fraction of sp³-hybridized carbons (Fsp3) is 0.429. The van der Waals surface area contributed by atoms with Crippen molar-refractivity contribution in [3.05, 3.63) is 30.3 Å². The molecule has 40 heavy (non-hydrogen) atoms. The first-order chi connectivity index (χ1) is 19.3. The summed E-state index contributed by atoms with van der Waals surface area (Å²) in [6.45, 7) is 10.3. The Balaban J connectivity index is 0.00000103. The zero-order chi connectivity index (χ0) is 28.3. The molecule has 2 aliphatic heterocycles. The first-order valence-electron chi connectivity index (χ1n) is 13.3. The maximum absolute atomic E-state index is 12.2. The van der Waals surface area contributed by atoms with Gasteiger partial charge in [-0.25, -0.2) is 14.8 Å². The highest BCUT2D eigenvalue weighted by Crippen LogP contribution is 2.38. The third-order valence-corrected chi connectivity index (χ3v) is 7.39. The standard InChI is InChI=1S/C27H31N5O4S.CH3NO/c1-27(2,3)36-26(33)30-25-29-19-7-6-17(14-22(19)37-25)24-28-20-15-18(31-9-12-34-13-10-31)16-21-23(20)32(24)8-4-5-11-35-21;2-1-3/h6-7,14-16H,4-5,8-13H2,1-3H3,(H,29,30,33);1H,(H2,2,3). The SMILES string of the molecule is CC(C)(C)OC(=O)Nc1nc2ccc(-c3nc4cc(N5CCOCC5)cc5c4n3CCCCO5)cc2s1.NC=O. The minimum atomic E-state index is -0.570. The van der Waals surface area contributed by atoms with Crippen LogP contribution in [0.1, 0.15) is 33.6 Å². The van der Waals surface area contributed by atoms with Crippen LogP contribution >= 0.6 is 11.3 Å². The van der Waals surface area contributed by atoms with Gasteiger partial charge in [0, 0.05) is 37.0 Å². The van der Waals surface area contributed by atoms with Gasteiger partial charge in [-0.3, -0.25) is 10.1 Å². The maximum atomic E-state index is 12.2. The number of rotatable bonds is 3. The molecule has 0 unspecified atom stereocenters. The van der Waals surface area contributed by atoms with E-state index in [0.29, 0.717) is 11.7 Å². The molecule has 4 aromatic rings. The first-order valence-corrected chi connectivity index (χ1v) is 14.1. The molecule has 2 aromatic carbocycles. The Morgan fingerprint density at radius 2 is 1.85 bits per heavy atom. The number of amides is 2. The van der Waals surface area contributed by atoms with E-state index in [9.17, 15) is 4.79 Å². The van der Waals surface area contributed by atoms with Crippen LogP contribution in [-0.2, 0) is 20.8 Å². The van der Waals surface area contributed by atoms with E-state index in [1.54, 1.807) is 0 Å². The molecule has 0 saturated carbocycles. The van der Waals surface area contributed by atoms with Gasteiger partial charge in [0.1, 0.15) is 22.7 Å². The number of imidazole rings is 1. The number of carbonyl (C=O) groups excluding carboxylic acids is 2. The Morgan fingerprint density at radius 3 is 2.60 bits per heavy atom. The first kappa shape index (κ1) is 27.7. The van der Waals surface area contributed by atoms with Gasteiger partial charge in [-0.1, -0.05) is 11.3 Å². The molecule has 0 spiro atoms. The van der Waals surface area contributed by atoms with E-state index in [2.05, 4.69) is 43.7 Å². The number of nitrogens with zero attached hydrogens (tertiary/aromatic N) is 4. The number of anilines is 2. The summed E-state index contributed by atoms with van der Waals surface area (Å²) in [5.74, 6) is 1.80. The van der Waals surface area contributed by atoms with Crippen molar-refractivity contribution in [1.29, 1.82) is 0 Å². The summed E-state index contributed by atoms with van der Waals surface area (Å²) in [6.07, 6.45) is 1.76. The van der Waals surface area contributed by atoms with Gasteiger partial charge in [-0.2, -0.15) is 0 Å². The van der Waals surface area contributed by atoms with Crippen LogP contribution in [0.5, 0.6) is 5.75 Å². The largest absolute Gasteiger partial charge is 0.491 e. The Bertz CT molecular complexity index is 1520. The number of carbonyl (C=O) groups is 2. The molecule has 4 heterocycles. The zero-order valence-corrected chi connectivity index (χ0v) is 23.8. The maximum Gasteiger partial charge on any atom is 0.413 e. The molecule has 0 radical (unpaired) electrons. The van der Waals surface area contributed by atoms with E-state index in [1.165, 1.54) is 11.3 Å². The molecule has 0 bridgehead atoms. The predicted octanol–water partition coefficient (Wildman–Crippen LogP) is 4.77. The van der Waals surface area contributed by atoms with E-state index in [-0.39, 0.29) is 6.41 Å². The molecule has 1 fully saturated rings. The average molecular weight is 567 g/mol. The predicted molar refractivity (Wildman–Crippen MR) is 156 cm³/mol. The quantitative estimate of drug-likeness (QED) is 0.339. The van der Waals surface area contributed by atoms with E-state index >= 15 is 0 Å². The molecular weight excluding hydrogens is 532 g/mol. The molecule has 11 nitrogen and oxygen atoms in total. The van der Waals surface area contributed by atoms with Crippen LogP contribution in [0.15, 0.2) is 30.3 Å². The normalized spacial score (nSPS) is 15.4. The second-order valence-corrected chi connectivity index (χ2v) is 11.5. The number of hydrogen-bond acceptors (Lipinski definition) is 9. The topological polar surface area (TPSA) is 134 Å². The van der Waals surface area contributed by atoms with Crippen LogP contribution in [0.4, 0.5) is 15.6 Å². The summed E-state index contributed by atoms with van der Waals surface area (Å²) in [5.41, 5.74) is 8.53. The van der Waals surface area contributed by atoms with Gasteiger partial charge in [0.25, 0.3) is 0 Å². The van der Waals surface area contributed by atoms with Crippen molar-refractivity contribution in [3.63, 3.8) is 0 Å². The van der Waals surface area contributed by atoms with Crippen molar-refractivity contribution in [1.82, 2.24) is 14.5 Å². The average Bonchev–Trinajstić information content (AvgIpc) is 3.46. The van der Waals surface area contributed by atoms with Gasteiger partial charge >= 0.3 is 6.09 Å². The molecule has 3 N–H and O–H groups in total. The molecule has 212 valence electrons. The van der Waals surface area contributed by atoms with Gasteiger partial charge in [-0.15, -0.1) is 0 Å². The molecule has 0 aliphatic carbocycles. The van der Waals surface area contributed by atoms with Crippen LogP contribution in [0, 0.1) is 0 Å². The minimum Gasteiger partial charge on any atom is -0.491 e. The van der Waals surface area contributed by atoms with Gasteiger partial charge in [0.15, 0.2) is 5.13 Å². The number of morpholine rings is 1. The molecule has 1 saturated heterocycles. The van der Waals surface area contributed by atoms with Crippen molar-refractivity contribution in [3.8, 4) is 17.1 Å². The van der Waals surface area contributed by atoms with Crippen molar-refractivity contribution in [2.24, 2.45) is 5.73 Å². The van der Waals surface area contributed by atoms with Crippen LogP contribution in [0.25, 0.3) is 32.6 Å². The lowest BCUT2D eigenvalue weighted by atomic mass is 10.2. The fourth-order valence-electron chi connectivity index (χ4n) is 4.83. The molecule has 2 aliphatic rings. The Hall–Kier alpha value is -3.90. The van der Waals surface area contributed by atoms with Crippen LogP contribution in [0.3, 0.4) is 0 Å². The number of nitrogens with one attached hydrogen (secondary N) is 1. The van der Waals surface area contributed by atoms with E-state index in [4.69, 9.17) is 24.0 Å². The highest BCUT2D eigenvalue weighted by molar-refractivity contribution is 7.22. The van der Waals surface area contributed by atoms with E-state index < -0.39 is 11.7 Å². The summed E-state index contributed by atoms with van der Waals surface area (Å²) in [5, 5.41) is 3.27. The summed E-state index contributed by atoms with van der Waals surface area (Å²) in [4.78, 5) is 32.8. The number of nitrogens with two attached hydrogens (primary N) is 1. The van der Waals surface area contributed by atoms with Gasteiger partial charge < -0.3 is 29.4 Å². The monoisotopic (exact) mass is 566 g/mol. The number of primary amides is 1. The van der Waals surface area contributed by atoms with Gasteiger partial charge in [0.05, 0.1) is 35.6 Å². The zero-order valence-electron chi connectivity index (χ0n) is 22.9. The van der Waals surface area contributed by atoms with E-state index in [1.807, 2.05) is 32.9 Å². The van der Waals surface area contributed by atoms with E-state index in [0.717, 1.165) is 89.8 Å². The summed E-state index contributed by atoms with van der Waals surface area (Å²) < 4.78 is 20.4. The highest BCUT2D eigenvalue weighted by Gasteiger charge is 2.23. The van der Waals surface area contributed by atoms with Gasteiger partial charge in [-0.05, 0) is 57.9 Å². The molecule has 6 rings (SSSR count). The van der Waals surface area contributed by atoms with Crippen LogP contribution in [0.2, 0.25) is 0 Å². The number of aromatic nitrogens is 3. The third-order valence-electron chi connectivity index (χ3n) is 6.46. The Kier molecular flexibility index (Phi) is 8.08. The molecule has 0 atom stereocenters. The van der Waals surface area contributed by atoms with Gasteiger partial charge in [0.2, 0.25) is 6.41 Å². The molecular formula is C28H34N6O5S. The lowest BCUT2D eigenvalue weighted by Crippen LogP contribution is -2.36. The molecule has 12 heteroatoms. The molecule has 2 aromatic heterocycles.